The van der Waals surface area contributed by atoms with Crippen LogP contribution in [0.25, 0.3) is 0 Å². The van der Waals surface area contributed by atoms with Gasteiger partial charge in [0, 0.05) is 13.0 Å². The third kappa shape index (κ3) is 31.0. The molecule has 9 heteroatoms. The lowest BCUT2D eigenvalue weighted by molar-refractivity contribution is -0.305. The van der Waals surface area contributed by atoms with Gasteiger partial charge in [-0.2, -0.15) is 0 Å². The molecule has 1 fully saturated rings. The van der Waals surface area contributed by atoms with Crippen LogP contribution >= 0.6 is 0 Å². The van der Waals surface area contributed by atoms with E-state index in [2.05, 4.69) is 50.3 Å². The summed E-state index contributed by atoms with van der Waals surface area (Å²) in [5.74, 6) is -0.320. The van der Waals surface area contributed by atoms with Gasteiger partial charge in [-0.05, 0) is 51.4 Å². The molecule has 9 nitrogen and oxygen atoms in total. The molecule has 0 radical (unpaired) electrons. The number of aliphatic hydroxyl groups excluding tert-OH is 4. The van der Waals surface area contributed by atoms with Crippen molar-refractivity contribution in [2.75, 3.05) is 26.4 Å². The molecule has 334 valence electrons. The second kappa shape index (κ2) is 39.8. The van der Waals surface area contributed by atoms with Crippen LogP contribution in [0, 0.1) is 0 Å². The summed E-state index contributed by atoms with van der Waals surface area (Å²) in [7, 11) is 0. The van der Waals surface area contributed by atoms with Crippen LogP contribution in [0.5, 0.6) is 0 Å². The summed E-state index contributed by atoms with van der Waals surface area (Å²) in [5.41, 5.74) is 0. The van der Waals surface area contributed by atoms with E-state index in [1.54, 1.807) is 0 Å². The van der Waals surface area contributed by atoms with E-state index in [1.165, 1.54) is 128 Å². The van der Waals surface area contributed by atoms with Crippen LogP contribution in [0.3, 0.4) is 0 Å². The van der Waals surface area contributed by atoms with Crippen LogP contribution in [0.1, 0.15) is 200 Å². The molecule has 1 aliphatic heterocycles. The van der Waals surface area contributed by atoms with Crippen LogP contribution in [0.2, 0.25) is 0 Å². The van der Waals surface area contributed by atoms with E-state index in [0.29, 0.717) is 13.0 Å². The lowest BCUT2D eigenvalue weighted by Crippen LogP contribution is -2.59. The van der Waals surface area contributed by atoms with Gasteiger partial charge in [0.25, 0.3) is 0 Å². The fourth-order valence-electron chi connectivity index (χ4n) is 7.09. The lowest BCUT2D eigenvalue weighted by Gasteiger charge is -2.39. The smallest absolute Gasteiger partial charge is 0.306 e. The van der Waals surface area contributed by atoms with E-state index in [-0.39, 0.29) is 19.2 Å². The van der Waals surface area contributed by atoms with Crippen LogP contribution in [0.15, 0.2) is 36.5 Å². The average molecular weight is 809 g/mol. The van der Waals surface area contributed by atoms with E-state index in [9.17, 15) is 25.2 Å². The second-order valence-electron chi connectivity index (χ2n) is 16.2. The Morgan fingerprint density at radius 3 is 1.53 bits per heavy atom. The number of esters is 1. The van der Waals surface area contributed by atoms with Gasteiger partial charge in [0.2, 0.25) is 0 Å². The Morgan fingerprint density at radius 2 is 1.02 bits per heavy atom. The first kappa shape index (κ1) is 53.4. The van der Waals surface area contributed by atoms with E-state index >= 15 is 0 Å². The minimum absolute atomic E-state index is 0.114. The molecular formula is C48H88O9. The Labute approximate surface area is 349 Å². The van der Waals surface area contributed by atoms with E-state index in [0.717, 1.165) is 51.4 Å². The van der Waals surface area contributed by atoms with E-state index < -0.39 is 43.4 Å². The lowest BCUT2D eigenvalue weighted by atomic mass is 9.99. The molecular weight excluding hydrogens is 721 g/mol. The van der Waals surface area contributed by atoms with Gasteiger partial charge in [0.1, 0.15) is 30.5 Å². The summed E-state index contributed by atoms with van der Waals surface area (Å²) < 4.78 is 22.8. The van der Waals surface area contributed by atoms with Gasteiger partial charge in [0.05, 0.1) is 19.8 Å². The van der Waals surface area contributed by atoms with E-state index in [1.807, 2.05) is 0 Å². The molecule has 0 bridgehead atoms. The summed E-state index contributed by atoms with van der Waals surface area (Å²) in [6.45, 7) is 4.55. The Morgan fingerprint density at radius 1 is 0.561 bits per heavy atom. The second-order valence-corrected chi connectivity index (χ2v) is 16.2. The van der Waals surface area contributed by atoms with Crippen LogP contribution < -0.4 is 0 Å². The highest BCUT2D eigenvalue weighted by molar-refractivity contribution is 5.69. The highest BCUT2D eigenvalue weighted by Crippen LogP contribution is 2.22. The van der Waals surface area contributed by atoms with Crippen molar-refractivity contribution in [2.24, 2.45) is 0 Å². The van der Waals surface area contributed by atoms with Crippen molar-refractivity contribution in [3.8, 4) is 0 Å². The normalized spacial score (nSPS) is 20.7. The van der Waals surface area contributed by atoms with Gasteiger partial charge in [-0.25, -0.2) is 0 Å². The Hall–Kier alpha value is -1.59. The number of ether oxygens (including phenoxy) is 4. The fourth-order valence-corrected chi connectivity index (χ4v) is 7.09. The molecule has 4 N–H and O–H groups in total. The predicted molar refractivity (Wildman–Crippen MR) is 233 cm³/mol. The minimum atomic E-state index is -1.54. The fraction of sp³-hybridized carbons (Fsp3) is 0.854. The number of rotatable bonds is 40. The quantitative estimate of drug-likeness (QED) is 0.0271. The molecule has 0 aromatic heterocycles. The number of hydrogen-bond donors (Lipinski definition) is 4. The predicted octanol–water partition coefficient (Wildman–Crippen LogP) is 10.8. The van der Waals surface area contributed by atoms with Gasteiger partial charge >= 0.3 is 5.97 Å². The molecule has 1 aliphatic rings. The van der Waals surface area contributed by atoms with Crippen LogP contribution in [-0.4, -0.2) is 89.6 Å². The van der Waals surface area contributed by atoms with Crippen molar-refractivity contribution in [2.45, 2.75) is 237 Å². The number of unbranched alkanes of at least 4 members (excludes halogenated alkanes) is 23. The maximum Gasteiger partial charge on any atom is 0.306 e. The largest absolute Gasteiger partial charge is 0.457 e. The summed E-state index contributed by atoms with van der Waals surface area (Å²) in [5, 5.41) is 40.1. The van der Waals surface area contributed by atoms with Gasteiger partial charge in [-0.3, -0.25) is 4.79 Å². The molecule has 1 saturated heterocycles. The van der Waals surface area contributed by atoms with Crippen molar-refractivity contribution in [1.29, 1.82) is 0 Å². The number of carbonyl (C=O) groups excluding carboxylic acids is 1. The van der Waals surface area contributed by atoms with Crippen molar-refractivity contribution in [3.05, 3.63) is 36.5 Å². The zero-order chi connectivity index (χ0) is 41.4. The molecule has 0 aromatic carbocycles. The maximum absolute atomic E-state index is 12.8. The SMILES string of the molecule is CCCCCCC/C=C\C/C=C\C/C=C\CCCCCCCCCCC(=O)OC(COCCCCCCCCCCCCC)COC1OC(CO)C(O)C(O)C1O. The van der Waals surface area contributed by atoms with Crippen molar-refractivity contribution >= 4 is 5.97 Å². The summed E-state index contributed by atoms with van der Waals surface area (Å²) in [4.78, 5) is 12.8. The first-order valence-electron chi connectivity index (χ1n) is 23.6. The average Bonchev–Trinajstić information content (AvgIpc) is 3.21. The summed E-state index contributed by atoms with van der Waals surface area (Å²) in [6.07, 6.45) is 40.3. The molecule has 0 saturated carbocycles. The monoisotopic (exact) mass is 809 g/mol. The molecule has 0 aromatic rings. The summed E-state index contributed by atoms with van der Waals surface area (Å²) >= 11 is 0. The molecule has 0 aliphatic carbocycles. The maximum atomic E-state index is 12.8. The first-order valence-corrected chi connectivity index (χ1v) is 23.6. The van der Waals surface area contributed by atoms with Gasteiger partial charge in [-0.15, -0.1) is 0 Å². The topological polar surface area (TPSA) is 135 Å². The van der Waals surface area contributed by atoms with Gasteiger partial charge in [0.15, 0.2) is 6.29 Å². The number of hydrogen-bond acceptors (Lipinski definition) is 9. The molecule has 1 heterocycles. The highest BCUT2D eigenvalue weighted by Gasteiger charge is 2.44. The number of carbonyl (C=O) groups is 1. The number of allylic oxidation sites excluding steroid dienone is 6. The van der Waals surface area contributed by atoms with Crippen LogP contribution in [-0.2, 0) is 23.7 Å². The Kier molecular flexibility index (Phi) is 37.4. The molecule has 0 spiro atoms. The zero-order valence-electron chi connectivity index (χ0n) is 36.6. The van der Waals surface area contributed by atoms with E-state index in [4.69, 9.17) is 18.9 Å². The Bertz CT molecular complexity index is 968. The van der Waals surface area contributed by atoms with Gasteiger partial charge in [-0.1, -0.05) is 179 Å². The molecule has 6 atom stereocenters. The molecule has 1 rings (SSSR count). The Balaban J connectivity index is 2.21. The van der Waals surface area contributed by atoms with Gasteiger partial charge < -0.3 is 39.4 Å². The highest BCUT2D eigenvalue weighted by atomic mass is 16.7. The third-order valence-electron chi connectivity index (χ3n) is 10.8. The minimum Gasteiger partial charge on any atom is -0.457 e. The first-order chi connectivity index (χ1) is 27.9. The van der Waals surface area contributed by atoms with Crippen LogP contribution in [0.4, 0.5) is 0 Å². The molecule has 0 amide bonds. The molecule has 6 unspecified atom stereocenters. The summed E-state index contributed by atoms with van der Waals surface area (Å²) in [6, 6.07) is 0. The molecule has 57 heavy (non-hydrogen) atoms. The van der Waals surface area contributed by atoms with Crippen molar-refractivity contribution in [3.63, 3.8) is 0 Å². The zero-order valence-corrected chi connectivity index (χ0v) is 36.6. The standard InChI is InChI=1S/C48H88O9/c1-3-5-7-9-11-13-15-16-17-18-19-20-21-22-23-24-25-26-27-29-31-33-35-37-44(50)56-42(41-55-48-47(53)46(52)45(51)43(39-49)57-48)40-54-38-36-34-32-30-28-14-12-10-8-6-4-2/h15-16,18-19,21-22,42-43,45-49,51-53H,3-14,17,20,23-41H2,1-2H3/b16-15-,19-18-,22-21-. The van der Waals surface area contributed by atoms with Crippen molar-refractivity contribution < 1.29 is 44.2 Å². The third-order valence-corrected chi connectivity index (χ3v) is 10.8. The number of aliphatic hydroxyl groups is 4. The van der Waals surface area contributed by atoms with Crippen molar-refractivity contribution in [1.82, 2.24) is 0 Å².